The third-order valence-electron chi connectivity index (χ3n) is 4.03. The van der Waals surface area contributed by atoms with Crippen LogP contribution in [-0.4, -0.2) is 20.5 Å². The fraction of sp³-hybridized carbons (Fsp3) is 0.263. The van der Waals surface area contributed by atoms with E-state index in [0.717, 1.165) is 27.8 Å². The van der Waals surface area contributed by atoms with E-state index in [9.17, 15) is 5.11 Å². The maximum absolute atomic E-state index is 10.9. The monoisotopic (exact) mass is 341 g/mol. The summed E-state index contributed by atoms with van der Waals surface area (Å²) < 4.78 is 0. The van der Waals surface area contributed by atoms with Gasteiger partial charge in [0.05, 0.1) is 6.20 Å². The minimum Gasteiger partial charge on any atom is -0.507 e. The topological polar surface area (TPSA) is 61.8 Å². The molecule has 124 valence electrons. The van der Waals surface area contributed by atoms with Gasteiger partial charge in [0.15, 0.2) is 0 Å². The number of H-pyrrole nitrogens is 1. The first kappa shape index (κ1) is 16.5. The van der Waals surface area contributed by atoms with Gasteiger partial charge in [0, 0.05) is 21.7 Å². The van der Waals surface area contributed by atoms with Gasteiger partial charge < -0.3 is 5.11 Å². The first-order valence-electron chi connectivity index (χ1n) is 7.77. The minimum atomic E-state index is -0.161. The summed E-state index contributed by atoms with van der Waals surface area (Å²) in [7, 11) is 0. The molecule has 1 heterocycles. The number of aromatic hydroxyl groups is 1. The molecule has 0 spiro atoms. The number of nitrogens with one attached hydrogen (secondary N) is 1. The van der Waals surface area contributed by atoms with Crippen molar-refractivity contribution in [1.82, 2.24) is 15.4 Å². The molecule has 0 fully saturated rings. The van der Waals surface area contributed by atoms with Crippen molar-refractivity contribution < 1.29 is 5.11 Å². The summed E-state index contributed by atoms with van der Waals surface area (Å²) in [5, 5.41) is 22.2. The molecule has 3 aromatic rings. The first-order valence-corrected chi connectivity index (χ1v) is 8.15. The molecule has 0 radical (unpaired) electrons. The van der Waals surface area contributed by atoms with Crippen molar-refractivity contribution >= 4 is 11.6 Å². The van der Waals surface area contributed by atoms with Crippen LogP contribution in [0.3, 0.4) is 0 Å². The molecule has 4 nitrogen and oxygen atoms in total. The third-order valence-corrected chi connectivity index (χ3v) is 4.26. The van der Waals surface area contributed by atoms with Crippen LogP contribution in [0.15, 0.2) is 36.5 Å². The maximum atomic E-state index is 10.9. The Bertz CT molecular complexity index is 880. The van der Waals surface area contributed by atoms with Crippen molar-refractivity contribution in [2.45, 2.75) is 33.1 Å². The van der Waals surface area contributed by atoms with Crippen LogP contribution in [0, 0.1) is 6.92 Å². The number of rotatable bonds is 2. The predicted octanol–water partition coefficient (Wildman–Crippen LogP) is 5.10. The zero-order valence-electron chi connectivity index (χ0n) is 14.2. The van der Waals surface area contributed by atoms with Crippen LogP contribution in [0.1, 0.15) is 31.9 Å². The Morgan fingerprint density at radius 3 is 2.42 bits per heavy atom. The molecule has 0 saturated heterocycles. The van der Waals surface area contributed by atoms with E-state index in [0.29, 0.717) is 16.5 Å². The van der Waals surface area contributed by atoms with E-state index in [4.69, 9.17) is 11.6 Å². The third kappa shape index (κ3) is 3.02. The molecule has 0 saturated carbocycles. The van der Waals surface area contributed by atoms with Crippen LogP contribution < -0.4 is 0 Å². The van der Waals surface area contributed by atoms with Gasteiger partial charge in [-0.25, -0.2) is 0 Å². The van der Waals surface area contributed by atoms with E-state index in [1.807, 2.05) is 37.3 Å². The normalized spacial score (nSPS) is 11.7. The van der Waals surface area contributed by atoms with Gasteiger partial charge in [-0.05, 0) is 41.7 Å². The highest BCUT2D eigenvalue weighted by molar-refractivity contribution is 6.31. The average molecular weight is 342 g/mol. The number of nitrogens with zero attached hydrogens (tertiary/aromatic N) is 2. The molecular formula is C19H20ClN3O. The van der Waals surface area contributed by atoms with E-state index >= 15 is 0 Å². The van der Waals surface area contributed by atoms with Crippen molar-refractivity contribution in [3.63, 3.8) is 0 Å². The Kier molecular flexibility index (Phi) is 4.10. The van der Waals surface area contributed by atoms with Crippen molar-refractivity contribution in [1.29, 1.82) is 0 Å². The Morgan fingerprint density at radius 2 is 1.79 bits per heavy atom. The molecule has 3 rings (SSSR count). The quantitative estimate of drug-likeness (QED) is 0.681. The Balaban J connectivity index is 2.30. The van der Waals surface area contributed by atoms with Crippen LogP contribution in [0.25, 0.3) is 22.4 Å². The fourth-order valence-electron chi connectivity index (χ4n) is 2.85. The number of aromatic nitrogens is 3. The SMILES string of the molecule is Cc1cc(-c2ccc(Cl)cc2-c2cn[nH]n2)c(O)c(C(C)(C)C)c1. The van der Waals surface area contributed by atoms with Crippen LogP contribution in [-0.2, 0) is 5.41 Å². The summed E-state index contributed by atoms with van der Waals surface area (Å²) >= 11 is 6.18. The van der Waals surface area contributed by atoms with Gasteiger partial charge in [-0.3, -0.25) is 0 Å². The van der Waals surface area contributed by atoms with Gasteiger partial charge in [0.25, 0.3) is 0 Å². The van der Waals surface area contributed by atoms with Crippen LogP contribution in [0.5, 0.6) is 5.75 Å². The van der Waals surface area contributed by atoms with Gasteiger partial charge in [0.2, 0.25) is 0 Å². The molecule has 2 aromatic carbocycles. The number of aryl methyl sites for hydroxylation is 1. The molecule has 2 N–H and O–H groups in total. The van der Waals surface area contributed by atoms with Crippen molar-refractivity contribution in [2.75, 3.05) is 0 Å². The summed E-state index contributed by atoms with van der Waals surface area (Å²) in [6.45, 7) is 8.30. The van der Waals surface area contributed by atoms with E-state index in [1.165, 1.54) is 0 Å². The zero-order chi connectivity index (χ0) is 17.5. The molecule has 5 heteroatoms. The zero-order valence-corrected chi connectivity index (χ0v) is 14.9. The number of phenolic OH excluding ortho intramolecular Hbond substituents is 1. The number of benzene rings is 2. The molecule has 0 atom stereocenters. The second kappa shape index (κ2) is 5.95. The highest BCUT2D eigenvalue weighted by atomic mass is 35.5. The Hall–Kier alpha value is -2.33. The predicted molar refractivity (Wildman–Crippen MR) is 97.4 cm³/mol. The minimum absolute atomic E-state index is 0.161. The lowest BCUT2D eigenvalue weighted by Crippen LogP contribution is -2.12. The Labute approximate surface area is 146 Å². The Morgan fingerprint density at radius 1 is 1.04 bits per heavy atom. The van der Waals surface area contributed by atoms with Gasteiger partial charge in [0.1, 0.15) is 11.4 Å². The van der Waals surface area contributed by atoms with Gasteiger partial charge in [-0.15, -0.1) is 0 Å². The lowest BCUT2D eigenvalue weighted by Gasteiger charge is -2.23. The number of halogens is 1. The molecular weight excluding hydrogens is 322 g/mol. The number of aromatic amines is 1. The highest BCUT2D eigenvalue weighted by Gasteiger charge is 2.23. The summed E-state index contributed by atoms with van der Waals surface area (Å²) in [5.74, 6) is 0.292. The van der Waals surface area contributed by atoms with E-state index < -0.39 is 0 Å². The molecule has 0 unspecified atom stereocenters. The maximum Gasteiger partial charge on any atom is 0.127 e. The largest absolute Gasteiger partial charge is 0.507 e. The molecule has 0 amide bonds. The summed E-state index contributed by atoms with van der Waals surface area (Å²) in [6, 6.07) is 9.58. The summed E-state index contributed by atoms with van der Waals surface area (Å²) in [4.78, 5) is 0. The summed E-state index contributed by atoms with van der Waals surface area (Å²) in [6.07, 6.45) is 1.65. The standard InChI is InChI=1S/C19H20ClN3O/c1-11-7-15(18(24)16(8-11)19(2,3)4)13-6-5-12(20)9-14(13)17-10-21-23-22-17/h5-10,24H,1-4H3,(H,21,22,23). The van der Waals surface area contributed by atoms with Crippen LogP contribution >= 0.6 is 11.6 Å². The molecule has 24 heavy (non-hydrogen) atoms. The van der Waals surface area contributed by atoms with Gasteiger partial charge >= 0.3 is 0 Å². The number of hydrogen-bond acceptors (Lipinski definition) is 3. The van der Waals surface area contributed by atoms with Crippen molar-refractivity contribution in [3.8, 4) is 28.1 Å². The molecule has 0 bridgehead atoms. The van der Waals surface area contributed by atoms with Crippen molar-refractivity contribution in [3.05, 3.63) is 52.7 Å². The van der Waals surface area contributed by atoms with Crippen LogP contribution in [0.2, 0.25) is 5.02 Å². The molecule has 0 aliphatic heterocycles. The average Bonchev–Trinajstić information content (AvgIpc) is 3.02. The summed E-state index contributed by atoms with van der Waals surface area (Å²) in [5.41, 5.74) is 5.01. The highest BCUT2D eigenvalue weighted by Crippen LogP contribution is 2.43. The second-order valence-electron chi connectivity index (χ2n) is 7.00. The lowest BCUT2D eigenvalue weighted by molar-refractivity contribution is 0.448. The smallest absolute Gasteiger partial charge is 0.127 e. The first-order chi connectivity index (χ1) is 11.3. The second-order valence-corrected chi connectivity index (χ2v) is 7.44. The fourth-order valence-corrected chi connectivity index (χ4v) is 3.02. The molecule has 0 aliphatic carbocycles. The van der Waals surface area contributed by atoms with E-state index in [1.54, 1.807) is 6.20 Å². The van der Waals surface area contributed by atoms with Crippen LogP contribution in [0.4, 0.5) is 0 Å². The lowest BCUT2D eigenvalue weighted by atomic mass is 9.82. The van der Waals surface area contributed by atoms with Crippen molar-refractivity contribution in [2.24, 2.45) is 0 Å². The van der Waals surface area contributed by atoms with E-state index in [-0.39, 0.29) is 5.41 Å². The van der Waals surface area contributed by atoms with E-state index in [2.05, 4.69) is 36.2 Å². The molecule has 0 aliphatic rings. The number of hydrogen-bond donors (Lipinski definition) is 2. The van der Waals surface area contributed by atoms with Gasteiger partial charge in [-0.2, -0.15) is 15.4 Å². The number of phenols is 1. The van der Waals surface area contributed by atoms with Gasteiger partial charge in [-0.1, -0.05) is 44.5 Å². The molecule has 1 aromatic heterocycles.